The van der Waals surface area contributed by atoms with Gasteiger partial charge >= 0.3 is 0 Å². The first-order chi connectivity index (χ1) is 8.54. The Morgan fingerprint density at radius 1 is 1.44 bits per heavy atom. The molecule has 102 valence electrons. The zero-order valence-electron chi connectivity index (χ0n) is 10.6. The van der Waals surface area contributed by atoms with E-state index >= 15 is 0 Å². The molecule has 1 atom stereocenters. The topological polar surface area (TPSA) is 63.4 Å². The smallest absolute Gasteiger partial charge is 0.252 e. The molecule has 0 radical (unpaired) electrons. The van der Waals surface area contributed by atoms with Crippen LogP contribution in [0.5, 0.6) is 0 Å². The minimum atomic E-state index is -3.30. The van der Waals surface area contributed by atoms with Gasteiger partial charge in [-0.25, -0.2) is 8.42 Å². The van der Waals surface area contributed by atoms with Crippen molar-refractivity contribution >= 4 is 21.4 Å². The molecule has 0 amide bonds. The van der Waals surface area contributed by atoms with Gasteiger partial charge < -0.3 is 5.73 Å². The number of sulfonamides is 1. The van der Waals surface area contributed by atoms with Crippen LogP contribution >= 0.6 is 11.3 Å². The van der Waals surface area contributed by atoms with Crippen LogP contribution in [0.25, 0.3) is 0 Å². The van der Waals surface area contributed by atoms with Gasteiger partial charge in [-0.15, -0.1) is 11.3 Å². The molecule has 1 aromatic heterocycles. The largest absolute Gasteiger partial charge is 0.326 e. The molecule has 4 nitrogen and oxygen atoms in total. The molecule has 1 unspecified atom stereocenters. The van der Waals surface area contributed by atoms with Crippen LogP contribution in [-0.2, 0) is 16.6 Å². The SMILES string of the molecule is CC1CCCN(S(=O)(=O)c2cc(CN)cs2)CC1. The maximum absolute atomic E-state index is 12.5. The second kappa shape index (κ2) is 5.69. The molecule has 1 saturated heterocycles. The van der Waals surface area contributed by atoms with Crippen molar-refractivity contribution in [2.24, 2.45) is 11.7 Å². The van der Waals surface area contributed by atoms with E-state index in [2.05, 4.69) is 6.92 Å². The van der Waals surface area contributed by atoms with Gasteiger partial charge in [0.15, 0.2) is 0 Å². The van der Waals surface area contributed by atoms with E-state index in [0.29, 0.717) is 29.8 Å². The van der Waals surface area contributed by atoms with Gasteiger partial charge in [-0.3, -0.25) is 0 Å². The number of nitrogens with zero attached hydrogens (tertiary/aromatic N) is 1. The molecule has 1 aliphatic rings. The average molecular weight is 288 g/mol. The van der Waals surface area contributed by atoms with Gasteiger partial charge in [0, 0.05) is 19.6 Å². The van der Waals surface area contributed by atoms with Crippen LogP contribution in [0.2, 0.25) is 0 Å². The third-order valence-electron chi connectivity index (χ3n) is 3.44. The van der Waals surface area contributed by atoms with Crippen LogP contribution in [-0.4, -0.2) is 25.8 Å². The molecule has 1 fully saturated rings. The summed E-state index contributed by atoms with van der Waals surface area (Å²) in [5, 5.41) is 1.83. The van der Waals surface area contributed by atoms with Crippen molar-refractivity contribution < 1.29 is 8.42 Å². The van der Waals surface area contributed by atoms with Gasteiger partial charge in [0.05, 0.1) is 0 Å². The summed E-state index contributed by atoms with van der Waals surface area (Å²) >= 11 is 1.27. The molecule has 18 heavy (non-hydrogen) atoms. The van der Waals surface area contributed by atoms with Crippen molar-refractivity contribution in [2.75, 3.05) is 13.1 Å². The fourth-order valence-corrected chi connectivity index (χ4v) is 5.07. The van der Waals surface area contributed by atoms with E-state index in [0.717, 1.165) is 24.8 Å². The standard InChI is InChI=1S/C12H20N2O2S2/c1-10-3-2-5-14(6-4-10)18(15,16)12-7-11(8-13)9-17-12/h7,9-10H,2-6,8,13H2,1H3. The molecule has 0 spiro atoms. The molecule has 0 aliphatic carbocycles. The molecular weight excluding hydrogens is 268 g/mol. The van der Waals surface area contributed by atoms with Crippen LogP contribution in [0.15, 0.2) is 15.7 Å². The fraction of sp³-hybridized carbons (Fsp3) is 0.667. The van der Waals surface area contributed by atoms with Gasteiger partial charge in [0.1, 0.15) is 4.21 Å². The molecular formula is C12H20N2O2S2. The van der Waals surface area contributed by atoms with Crippen molar-refractivity contribution in [2.45, 2.75) is 36.9 Å². The molecule has 0 saturated carbocycles. The number of rotatable bonds is 3. The Kier molecular flexibility index (Phi) is 4.42. The maximum atomic E-state index is 12.5. The van der Waals surface area contributed by atoms with Gasteiger partial charge in [0.25, 0.3) is 10.0 Å². The Labute approximate surface area is 113 Å². The third-order valence-corrected chi connectivity index (χ3v) is 6.80. The summed E-state index contributed by atoms with van der Waals surface area (Å²) in [4.78, 5) is 0. The van der Waals surface area contributed by atoms with Crippen LogP contribution < -0.4 is 5.73 Å². The first-order valence-electron chi connectivity index (χ1n) is 6.31. The maximum Gasteiger partial charge on any atom is 0.252 e. The lowest BCUT2D eigenvalue weighted by Crippen LogP contribution is -2.31. The van der Waals surface area contributed by atoms with Gasteiger partial charge in [-0.2, -0.15) is 4.31 Å². The second-order valence-corrected chi connectivity index (χ2v) is 7.99. The Balaban J connectivity index is 2.19. The van der Waals surface area contributed by atoms with Crippen LogP contribution in [0, 0.1) is 5.92 Å². The minimum absolute atomic E-state index is 0.392. The van der Waals surface area contributed by atoms with Crippen molar-refractivity contribution in [3.63, 3.8) is 0 Å². The van der Waals surface area contributed by atoms with E-state index in [1.54, 1.807) is 10.4 Å². The molecule has 2 N–H and O–H groups in total. The fourth-order valence-electron chi connectivity index (χ4n) is 2.20. The van der Waals surface area contributed by atoms with Gasteiger partial charge in [0.2, 0.25) is 0 Å². The molecule has 1 aliphatic heterocycles. The van der Waals surface area contributed by atoms with E-state index in [9.17, 15) is 8.42 Å². The number of thiophene rings is 1. The van der Waals surface area contributed by atoms with Crippen molar-refractivity contribution in [3.8, 4) is 0 Å². The van der Waals surface area contributed by atoms with E-state index in [-0.39, 0.29) is 0 Å². The van der Waals surface area contributed by atoms with Crippen molar-refractivity contribution in [1.29, 1.82) is 0 Å². The van der Waals surface area contributed by atoms with E-state index in [1.165, 1.54) is 11.3 Å². The first kappa shape index (κ1) is 14.0. The van der Waals surface area contributed by atoms with Crippen LogP contribution in [0.3, 0.4) is 0 Å². The van der Waals surface area contributed by atoms with Crippen LogP contribution in [0.1, 0.15) is 31.7 Å². The van der Waals surface area contributed by atoms with Crippen LogP contribution in [0.4, 0.5) is 0 Å². The summed E-state index contributed by atoms with van der Waals surface area (Å²) in [5.74, 6) is 0.619. The lowest BCUT2D eigenvalue weighted by atomic mass is 10.0. The van der Waals surface area contributed by atoms with Gasteiger partial charge in [-0.1, -0.05) is 6.92 Å². The zero-order chi connectivity index (χ0) is 13.2. The highest BCUT2D eigenvalue weighted by atomic mass is 32.2. The zero-order valence-corrected chi connectivity index (χ0v) is 12.3. The molecule has 6 heteroatoms. The Bertz CT molecular complexity index is 496. The number of hydrogen-bond donors (Lipinski definition) is 1. The highest BCUT2D eigenvalue weighted by molar-refractivity contribution is 7.91. The summed E-state index contributed by atoms with van der Waals surface area (Å²) in [5.41, 5.74) is 6.42. The summed E-state index contributed by atoms with van der Waals surface area (Å²) < 4.78 is 27.0. The highest BCUT2D eigenvalue weighted by Gasteiger charge is 2.27. The summed E-state index contributed by atoms with van der Waals surface area (Å²) in [6, 6.07) is 1.70. The van der Waals surface area contributed by atoms with Gasteiger partial charge in [-0.05, 0) is 42.2 Å². The third kappa shape index (κ3) is 2.93. The number of hydrogen-bond acceptors (Lipinski definition) is 4. The summed E-state index contributed by atoms with van der Waals surface area (Å²) in [7, 11) is -3.30. The minimum Gasteiger partial charge on any atom is -0.326 e. The average Bonchev–Trinajstić information content (AvgIpc) is 2.72. The Morgan fingerprint density at radius 3 is 2.89 bits per heavy atom. The lowest BCUT2D eigenvalue weighted by Gasteiger charge is -2.18. The Morgan fingerprint density at radius 2 is 2.22 bits per heavy atom. The molecule has 2 rings (SSSR count). The van der Waals surface area contributed by atoms with Crippen molar-refractivity contribution in [1.82, 2.24) is 4.31 Å². The van der Waals surface area contributed by atoms with E-state index < -0.39 is 10.0 Å². The second-order valence-electron chi connectivity index (χ2n) is 4.92. The quantitative estimate of drug-likeness (QED) is 0.925. The van der Waals surface area contributed by atoms with E-state index in [4.69, 9.17) is 5.73 Å². The molecule has 2 heterocycles. The predicted molar refractivity (Wildman–Crippen MR) is 74.0 cm³/mol. The molecule has 1 aromatic rings. The highest BCUT2D eigenvalue weighted by Crippen LogP contribution is 2.27. The monoisotopic (exact) mass is 288 g/mol. The van der Waals surface area contributed by atoms with Crippen molar-refractivity contribution in [3.05, 3.63) is 17.0 Å². The van der Waals surface area contributed by atoms with E-state index in [1.807, 2.05) is 5.38 Å². The molecule has 0 bridgehead atoms. The normalized spacial score (nSPS) is 22.9. The predicted octanol–water partition coefficient (Wildman–Crippen LogP) is 2.02. The summed E-state index contributed by atoms with van der Waals surface area (Å²) in [6.45, 7) is 3.86. The Hall–Kier alpha value is -0.430. The number of nitrogens with two attached hydrogens (primary N) is 1. The molecule has 0 aromatic carbocycles. The summed E-state index contributed by atoms with van der Waals surface area (Å²) in [6.07, 6.45) is 3.02. The first-order valence-corrected chi connectivity index (χ1v) is 8.63. The lowest BCUT2D eigenvalue weighted by molar-refractivity contribution is 0.418.